The van der Waals surface area contributed by atoms with Crippen molar-refractivity contribution in [3.63, 3.8) is 0 Å². The molecule has 54 heavy (non-hydrogen) atoms. The molecular formula is C51H36N2O. The summed E-state index contributed by atoms with van der Waals surface area (Å²) in [6, 6.07) is 70.4. The van der Waals surface area contributed by atoms with Crippen molar-refractivity contribution in [2.45, 2.75) is 17.6 Å². The first kappa shape index (κ1) is 30.9. The molecule has 256 valence electrons. The smallest absolute Gasteiger partial charge is 0.132 e. The molecule has 0 amide bonds. The summed E-state index contributed by atoms with van der Waals surface area (Å²) in [6.07, 6.45) is -0.0196. The van der Waals surface area contributed by atoms with Gasteiger partial charge < -0.3 is 10.1 Å². The summed E-state index contributed by atoms with van der Waals surface area (Å²) < 4.78 is 6.55. The van der Waals surface area contributed by atoms with E-state index in [2.05, 4.69) is 205 Å². The third-order valence-corrected chi connectivity index (χ3v) is 11.7. The number of anilines is 1. The van der Waals surface area contributed by atoms with Crippen LogP contribution in [-0.2, 0) is 5.41 Å². The first-order valence-electron chi connectivity index (χ1n) is 18.7. The van der Waals surface area contributed by atoms with Gasteiger partial charge in [-0.2, -0.15) is 0 Å². The Balaban J connectivity index is 0.966. The molecule has 0 bridgehead atoms. The third kappa shape index (κ3) is 4.65. The zero-order valence-corrected chi connectivity index (χ0v) is 29.5. The molecule has 0 fully saturated rings. The maximum Gasteiger partial charge on any atom is 0.132 e. The van der Waals surface area contributed by atoms with E-state index < -0.39 is 5.41 Å². The summed E-state index contributed by atoms with van der Waals surface area (Å²) in [5, 5.41) is 7.63. The summed E-state index contributed by atoms with van der Waals surface area (Å²) in [6.45, 7) is 0. The quantitative estimate of drug-likeness (QED) is 0.193. The van der Waals surface area contributed by atoms with Crippen molar-refractivity contribution in [3.05, 3.63) is 233 Å². The van der Waals surface area contributed by atoms with Gasteiger partial charge in [-0.1, -0.05) is 164 Å². The van der Waals surface area contributed by atoms with E-state index in [4.69, 9.17) is 4.74 Å². The highest BCUT2D eigenvalue weighted by atomic mass is 16.5. The lowest BCUT2D eigenvalue weighted by Crippen LogP contribution is -2.37. The number of ether oxygens (including phenoxy) is 1. The molecule has 2 aliphatic heterocycles. The van der Waals surface area contributed by atoms with E-state index in [0.29, 0.717) is 0 Å². The second-order valence-electron chi connectivity index (χ2n) is 14.5. The average Bonchev–Trinajstić information content (AvgIpc) is 3.53. The third-order valence-electron chi connectivity index (χ3n) is 11.7. The van der Waals surface area contributed by atoms with Gasteiger partial charge in [0, 0.05) is 16.8 Å². The lowest BCUT2D eigenvalue weighted by atomic mass is 9.66. The molecule has 8 aromatic rings. The topological polar surface area (TPSA) is 33.3 Å². The number of hydrogen-bond donors (Lipinski definition) is 2. The predicted molar refractivity (Wildman–Crippen MR) is 219 cm³/mol. The van der Waals surface area contributed by atoms with Crippen LogP contribution in [0.25, 0.3) is 33.4 Å². The van der Waals surface area contributed by atoms with Gasteiger partial charge in [-0.25, -0.2) is 0 Å². The molecule has 2 unspecified atom stereocenters. The van der Waals surface area contributed by atoms with Crippen LogP contribution in [-0.4, -0.2) is 0 Å². The van der Waals surface area contributed by atoms with Crippen LogP contribution in [0.5, 0.6) is 11.5 Å². The normalized spacial score (nSPS) is 16.9. The molecule has 3 aliphatic rings. The fourth-order valence-corrected chi connectivity index (χ4v) is 9.21. The van der Waals surface area contributed by atoms with Crippen LogP contribution in [0, 0.1) is 0 Å². The minimum Gasteiger partial charge on any atom is -0.457 e. The number of para-hydroxylation sites is 3. The van der Waals surface area contributed by atoms with E-state index in [1.165, 1.54) is 78.0 Å². The highest BCUT2D eigenvalue weighted by molar-refractivity contribution is 5.90. The molecule has 0 saturated carbocycles. The van der Waals surface area contributed by atoms with Gasteiger partial charge in [-0.15, -0.1) is 0 Å². The number of hydrogen-bond acceptors (Lipinski definition) is 3. The van der Waals surface area contributed by atoms with Crippen molar-refractivity contribution >= 4 is 5.69 Å². The fourth-order valence-electron chi connectivity index (χ4n) is 9.21. The summed E-state index contributed by atoms with van der Waals surface area (Å²) in [5.41, 5.74) is 16.7. The van der Waals surface area contributed by atoms with Crippen molar-refractivity contribution in [2.24, 2.45) is 0 Å². The molecular weight excluding hydrogens is 657 g/mol. The predicted octanol–water partition coefficient (Wildman–Crippen LogP) is 12.3. The van der Waals surface area contributed by atoms with E-state index in [9.17, 15) is 0 Å². The summed E-state index contributed by atoms with van der Waals surface area (Å²) in [7, 11) is 0. The zero-order chi connectivity index (χ0) is 35.6. The molecule has 2 N–H and O–H groups in total. The molecule has 8 aromatic carbocycles. The Bertz CT molecular complexity index is 2670. The van der Waals surface area contributed by atoms with Gasteiger partial charge in [0.2, 0.25) is 0 Å². The standard InChI is InChI=1S/C51H36N2O/c1-2-13-34(14-3-1)49-41-18-5-9-22-46(41)52-50(53-49)35-27-25-33(26-28-35)36-15-12-16-37(31-36)38-29-30-40-39-17-4-6-19-42(39)51(45(40)32-38)43-20-7-10-23-47(43)54-48-24-11-8-21-44(48)51/h1-32,49-50,52-53H. The second-order valence-corrected chi connectivity index (χ2v) is 14.5. The Labute approximate surface area is 315 Å². The molecule has 3 nitrogen and oxygen atoms in total. The Kier molecular flexibility index (Phi) is 6.98. The monoisotopic (exact) mass is 692 g/mol. The van der Waals surface area contributed by atoms with E-state index >= 15 is 0 Å². The van der Waals surface area contributed by atoms with Crippen LogP contribution in [0.2, 0.25) is 0 Å². The van der Waals surface area contributed by atoms with Gasteiger partial charge in [0.05, 0.1) is 11.5 Å². The van der Waals surface area contributed by atoms with E-state index in [0.717, 1.165) is 11.5 Å². The number of rotatable bonds is 4. The average molecular weight is 693 g/mol. The highest BCUT2D eigenvalue weighted by Crippen LogP contribution is 2.62. The van der Waals surface area contributed by atoms with Gasteiger partial charge >= 0.3 is 0 Å². The van der Waals surface area contributed by atoms with Gasteiger partial charge in [0.15, 0.2) is 0 Å². The molecule has 2 atom stereocenters. The van der Waals surface area contributed by atoms with Crippen molar-refractivity contribution in [1.82, 2.24) is 5.32 Å². The molecule has 0 saturated heterocycles. The van der Waals surface area contributed by atoms with Crippen LogP contribution in [0.4, 0.5) is 5.69 Å². The van der Waals surface area contributed by atoms with Gasteiger partial charge in [-0.05, 0) is 91.5 Å². The largest absolute Gasteiger partial charge is 0.457 e. The Morgan fingerprint density at radius 2 is 1.00 bits per heavy atom. The molecule has 11 rings (SSSR count). The number of fused-ring (bicyclic) bond motifs is 10. The SMILES string of the molecule is c1ccc(C2NC(c3ccc(-c4cccc(-c5ccc6c(c5)C5(c7ccccc7Oc7ccccc75)c5ccccc5-6)c4)cc3)Nc3ccccc32)cc1. The molecule has 0 aromatic heterocycles. The summed E-state index contributed by atoms with van der Waals surface area (Å²) in [4.78, 5) is 0. The van der Waals surface area contributed by atoms with E-state index in [1.807, 2.05) is 0 Å². The second kappa shape index (κ2) is 12.2. The molecule has 1 aliphatic carbocycles. The van der Waals surface area contributed by atoms with E-state index in [-0.39, 0.29) is 12.2 Å². The molecule has 3 heteroatoms. The number of benzene rings is 8. The summed E-state index contributed by atoms with van der Waals surface area (Å²) in [5.74, 6) is 1.82. The van der Waals surface area contributed by atoms with Crippen LogP contribution < -0.4 is 15.4 Å². The Morgan fingerprint density at radius 1 is 0.407 bits per heavy atom. The first-order chi connectivity index (χ1) is 26.8. The van der Waals surface area contributed by atoms with Gasteiger partial charge in [0.25, 0.3) is 0 Å². The lowest BCUT2D eigenvalue weighted by molar-refractivity contribution is 0.436. The van der Waals surface area contributed by atoms with Crippen LogP contribution >= 0.6 is 0 Å². The van der Waals surface area contributed by atoms with Crippen LogP contribution in [0.15, 0.2) is 194 Å². The first-order valence-corrected chi connectivity index (χ1v) is 18.7. The van der Waals surface area contributed by atoms with Crippen LogP contribution in [0.1, 0.15) is 51.2 Å². The Hall–Kier alpha value is -6.68. The van der Waals surface area contributed by atoms with Gasteiger partial charge in [0.1, 0.15) is 17.7 Å². The van der Waals surface area contributed by atoms with Crippen molar-refractivity contribution in [2.75, 3.05) is 5.32 Å². The highest BCUT2D eigenvalue weighted by Gasteiger charge is 2.51. The van der Waals surface area contributed by atoms with Gasteiger partial charge in [-0.3, -0.25) is 5.32 Å². The minimum absolute atomic E-state index is 0.0196. The molecule has 1 spiro atoms. The minimum atomic E-state index is -0.484. The lowest BCUT2D eigenvalue weighted by Gasteiger charge is -2.39. The zero-order valence-electron chi connectivity index (χ0n) is 29.5. The number of nitrogens with one attached hydrogen (secondary N) is 2. The fraction of sp³-hybridized carbons (Fsp3) is 0.0588. The van der Waals surface area contributed by atoms with Crippen molar-refractivity contribution < 1.29 is 4.74 Å². The molecule has 0 radical (unpaired) electrons. The maximum absolute atomic E-state index is 6.55. The van der Waals surface area contributed by atoms with Crippen molar-refractivity contribution in [3.8, 4) is 44.9 Å². The summed E-state index contributed by atoms with van der Waals surface area (Å²) >= 11 is 0. The molecule has 2 heterocycles. The van der Waals surface area contributed by atoms with E-state index in [1.54, 1.807) is 0 Å². The van der Waals surface area contributed by atoms with Crippen molar-refractivity contribution in [1.29, 1.82) is 0 Å². The Morgan fingerprint density at radius 3 is 1.78 bits per heavy atom. The van der Waals surface area contributed by atoms with Crippen LogP contribution in [0.3, 0.4) is 0 Å². The maximum atomic E-state index is 6.55.